The van der Waals surface area contributed by atoms with E-state index >= 15 is 0 Å². The first-order chi connectivity index (χ1) is 16.0. The Bertz CT molecular complexity index is 1350. The molecule has 4 aromatic heterocycles. The molecule has 0 spiro atoms. The number of carbonyl (C=O) groups is 2. The molecule has 8 heteroatoms. The lowest BCUT2D eigenvalue weighted by atomic mass is 10.0. The molecule has 1 saturated heterocycles. The highest BCUT2D eigenvalue weighted by Crippen LogP contribution is 2.25. The molecular weight excluding hydrogens is 416 g/mol. The highest BCUT2D eigenvalue weighted by atomic mass is 16.2. The third-order valence-corrected chi connectivity index (χ3v) is 6.34. The summed E-state index contributed by atoms with van der Waals surface area (Å²) in [7, 11) is 0. The molecule has 0 bridgehead atoms. The molecule has 5 rings (SSSR count). The van der Waals surface area contributed by atoms with Crippen LogP contribution in [0.2, 0.25) is 0 Å². The van der Waals surface area contributed by atoms with Crippen molar-refractivity contribution in [1.82, 2.24) is 30.0 Å². The first-order valence-electron chi connectivity index (χ1n) is 11.3. The van der Waals surface area contributed by atoms with Crippen molar-refractivity contribution in [3.05, 3.63) is 64.9 Å². The molecular formula is C25H26N6O2. The zero-order chi connectivity index (χ0) is 22.9. The van der Waals surface area contributed by atoms with Crippen molar-refractivity contribution in [2.45, 2.75) is 39.5 Å². The van der Waals surface area contributed by atoms with Crippen LogP contribution in [-0.4, -0.2) is 54.8 Å². The summed E-state index contributed by atoms with van der Waals surface area (Å²) in [5.74, 6) is -0.0563. The monoisotopic (exact) mass is 442 g/mol. The maximum atomic E-state index is 12.8. The standard InChI is InChI=1S/C25H26N6O2/c1-15-16(2)29-30-23(15)22(32)11-17-10-19-13-20(28-24(19)27-14-17)18-6-7-26-21(12-18)25(33)31-8-4-3-5-9-31/h6-7,10,12-14H,3-5,8-9,11H2,1-2H3,(H,27,28)(H,29,30). The third kappa shape index (κ3) is 4.16. The molecule has 4 aromatic rings. The minimum atomic E-state index is -0.0382. The van der Waals surface area contributed by atoms with E-state index in [0.717, 1.165) is 65.0 Å². The van der Waals surface area contributed by atoms with E-state index in [1.807, 2.05) is 43.0 Å². The van der Waals surface area contributed by atoms with Gasteiger partial charge in [0.25, 0.3) is 5.91 Å². The highest BCUT2D eigenvalue weighted by molar-refractivity contribution is 5.98. The van der Waals surface area contributed by atoms with Crippen molar-refractivity contribution < 1.29 is 9.59 Å². The molecule has 2 N–H and O–H groups in total. The minimum Gasteiger partial charge on any atom is -0.339 e. The van der Waals surface area contributed by atoms with Gasteiger partial charge in [-0.05, 0) is 62.9 Å². The van der Waals surface area contributed by atoms with E-state index in [-0.39, 0.29) is 18.1 Å². The molecule has 0 saturated carbocycles. The molecule has 1 aliphatic heterocycles. The molecule has 1 amide bonds. The summed E-state index contributed by atoms with van der Waals surface area (Å²) < 4.78 is 0. The highest BCUT2D eigenvalue weighted by Gasteiger charge is 2.20. The number of Topliss-reactive ketones (excluding diaryl/α,β-unsaturated/α-hetero) is 1. The second-order valence-corrected chi connectivity index (χ2v) is 8.67. The summed E-state index contributed by atoms with van der Waals surface area (Å²) in [6, 6.07) is 7.67. The van der Waals surface area contributed by atoms with Gasteiger partial charge in [0.05, 0.1) is 0 Å². The quantitative estimate of drug-likeness (QED) is 0.454. The van der Waals surface area contributed by atoms with E-state index in [0.29, 0.717) is 11.4 Å². The van der Waals surface area contributed by atoms with Crippen LogP contribution >= 0.6 is 0 Å². The average molecular weight is 443 g/mol. The Labute approximate surface area is 191 Å². The van der Waals surface area contributed by atoms with Gasteiger partial charge >= 0.3 is 0 Å². The van der Waals surface area contributed by atoms with Gasteiger partial charge in [-0.25, -0.2) is 4.98 Å². The number of H-pyrrole nitrogens is 2. The number of aromatic nitrogens is 5. The molecule has 0 aliphatic carbocycles. The molecule has 33 heavy (non-hydrogen) atoms. The van der Waals surface area contributed by atoms with Crippen LogP contribution in [0.3, 0.4) is 0 Å². The number of nitrogens with one attached hydrogen (secondary N) is 2. The van der Waals surface area contributed by atoms with Gasteiger partial charge in [-0.2, -0.15) is 5.10 Å². The number of piperidine rings is 1. The summed E-state index contributed by atoms with van der Waals surface area (Å²) in [5.41, 5.74) is 6.01. The van der Waals surface area contributed by atoms with Crippen LogP contribution in [0, 0.1) is 13.8 Å². The number of rotatable bonds is 5. The third-order valence-electron chi connectivity index (χ3n) is 6.34. The Morgan fingerprint density at radius 3 is 2.64 bits per heavy atom. The number of pyridine rings is 2. The molecule has 168 valence electrons. The number of hydrogen-bond acceptors (Lipinski definition) is 5. The van der Waals surface area contributed by atoms with E-state index in [1.165, 1.54) is 6.42 Å². The Kier molecular flexibility index (Phi) is 5.50. The number of amides is 1. The first-order valence-corrected chi connectivity index (χ1v) is 11.3. The second kappa shape index (κ2) is 8.61. The topological polar surface area (TPSA) is 108 Å². The lowest BCUT2D eigenvalue weighted by Gasteiger charge is -2.26. The van der Waals surface area contributed by atoms with Crippen LogP contribution in [0.15, 0.2) is 36.7 Å². The fourth-order valence-corrected chi connectivity index (χ4v) is 4.31. The Balaban J connectivity index is 1.38. The molecule has 8 nitrogen and oxygen atoms in total. The Morgan fingerprint density at radius 1 is 1.06 bits per heavy atom. The fourth-order valence-electron chi connectivity index (χ4n) is 4.31. The van der Waals surface area contributed by atoms with Gasteiger partial charge in [-0.3, -0.25) is 19.7 Å². The summed E-state index contributed by atoms with van der Waals surface area (Å²) in [4.78, 5) is 39.5. The number of ketones is 1. The van der Waals surface area contributed by atoms with E-state index in [2.05, 4.69) is 25.1 Å². The predicted molar refractivity (Wildman–Crippen MR) is 125 cm³/mol. The lowest BCUT2D eigenvalue weighted by molar-refractivity contribution is 0.0718. The Hall–Kier alpha value is -3.81. The number of fused-ring (bicyclic) bond motifs is 1. The zero-order valence-electron chi connectivity index (χ0n) is 18.8. The van der Waals surface area contributed by atoms with Crippen molar-refractivity contribution in [2.24, 2.45) is 0 Å². The SMILES string of the molecule is Cc1[nH]nc(C(=O)Cc2cnc3[nH]c(-c4ccnc(C(=O)N5CCCCC5)c4)cc3c2)c1C. The van der Waals surface area contributed by atoms with Crippen LogP contribution in [-0.2, 0) is 6.42 Å². The average Bonchev–Trinajstić information content (AvgIpc) is 3.42. The summed E-state index contributed by atoms with van der Waals surface area (Å²) in [6.45, 7) is 5.38. The van der Waals surface area contributed by atoms with Gasteiger partial charge in [0.15, 0.2) is 5.78 Å². The largest absolute Gasteiger partial charge is 0.339 e. The summed E-state index contributed by atoms with van der Waals surface area (Å²) in [5, 5.41) is 7.91. The number of aryl methyl sites for hydroxylation is 1. The normalized spacial score (nSPS) is 14.1. The van der Waals surface area contributed by atoms with E-state index in [1.54, 1.807) is 12.4 Å². The predicted octanol–water partition coefficient (Wildman–Crippen LogP) is 4.02. The lowest BCUT2D eigenvalue weighted by Crippen LogP contribution is -2.36. The molecule has 1 fully saturated rings. The second-order valence-electron chi connectivity index (χ2n) is 8.67. The number of hydrogen-bond donors (Lipinski definition) is 2. The van der Waals surface area contributed by atoms with Crippen LogP contribution in [0.25, 0.3) is 22.3 Å². The van der Waals surface area contributed by atoms with Gasteiger partial charge in [0.2, 0.25) is 0 Å². The summed E-state index contributed by atoms with van der Waals surface area (Å²) in [6.07, 6.45) is 6.88. The van der Waals surface area contributed by atoms with Gasteiger partial charge in [-0.1, -0.05) is 0 Å². The zero-order valence-corrected chi connectivity index (χ0v) is 18.8. The number of aromatic amines is 2. The van der Waals surface area contributed by atoms with Crippen LogP contribution in [0.5, 0.6) is 0 Å². The molecule has 5 heterocycles. The van der Waals surface area contributed by atoms with E-state index in [9.17, 15) is 9.59 Å². The molecule has 0 unspecified atom stereocenters. The van der Waals surface area contributed by atoms with Crippen molar-refractivity contribution in [3.8, 4) is 11.3 Å². The van der Waals surface area contributed by atoms with Gasteiger partial charge in [0, 0.05) is 59.8 Å². The van der Waals surface area contributed by atoms with Gasteiger partial charge < -0.3 is 9.88 Å². The maximum Gasteiger partial charge on any atom is 0.272 e. The van der Waals surface area contributed by atoms with E-state index < -0.39 is 0 Å². The molecule has 0 atom stereocenters. The van der Waals surface area contributed by atoms with Gasteiger partial charge in [-0.15, -0.1) is 0 Å². The van der Waals surface area contributed by atoms with Gasteiger partial charge in [0.1, 0.15) is 17.0 Å². The summed E-state index contributed by atoms with van der Waals surface area (Å²) >= 11 is 0. The Morgan fingerprint density at radius 2 is 1.88 bits per heavy atom. The van der Waals surface area contributed by atoms with Crippen molar-refractivity contribution >= 4 is 22.7 Å². The fraction of sp³-hybridized carbons (Fsp3) is 0.320. The molecule has 0 aromatic carbocycles. The van der Waals surface area contributed by atoms with Crippen molar-refractivity contribution in [2.75, 3.05) is 13.1 Å². The number of likely N-dealkylation sites (tertiary alicyclic amines) is 1. The number of carbonyl (C=O) groups excluding carboxylic acids is 2. The smallest absolute Gasteiger partial charge is 0.272 e. The molecule has 1 aliphatic rings. The minimum absolute atomic E-state index is 0.0181. The maximum absolute atomic E-state index is 12.8. The van der Waals surface area contributed by atoms with Crippen LogP contribution in [0.4, 0.5) is 0 Å². The number of nitrogens with zero attached hydrogens (tertiary/aromatic N) is 4. The van der Waals surface area contributed by atoms with Crippen LogP contribution < -0.4 is 0 Å². The van der Waals surface area contributed by atoms with Crippen LogP contribution in [0.1, 0.15) is 57.1 Å². The van der Waals surface area contributed by atoms with Crippen molar-refractivity contribution in [3.63, 3.8) is 0 Å². The van der Waals surface area contributed by atoms with Crippen molar-refractivity contribution in [1.29, 1.82) is 0 Å². The molecule has 0 radical (unpaired) electrons. The van der Waals surface area contributed by atoms with E-state index in [4.69, 9.17) is 0 Å². The first kappa shape index (κ1) is 21.1.